The lowest BCUT2D eigenvalue weighted by atomic mass is 10.2. The third-order valence-electron chi connectivity index (χ3n) is 2.69. The summed E-state index contributed by atoms with van der Waals surface area (Å²) < 4.78 is 50.9. The van der Waals surface area contributed by atoms with Gasteiger partial charge in [-0.1, -0.05) is 23.4 Å². The SMILES string of the molecule is NC(=NO)c1ncc(C(F)(F)F)cc1[S+]([O-])c1ccccc1. The fourth-order valence-corrected chi connectivity index (χ4v) is 2.88. The van der Waals surface area contributed by atoms with Crippen molar-refractivity contribution in [1.29, 1.82) is 0 Å². The molecule has 116 valence electrons. The van der Waals surface area contributed by atoms with E-state index in [1.165, 1.54) is 12.1 Å². The second-order valence-corrected chi connectivity index (χ2v) is 5.58. The van der Waals surface area contributed by atoms with Crippen LogP contribution in [0.15, 0.2) is 57.5 Å². The summed E-state index contributed by atoms with van der Waals surface area (Å²) in [6.45, 7) is 0. The van der Waals surface area contributed by atoms with Crippen LogP contribution in [0.1, 0.15) is 11.3 Å². The number of oxime groups is 1. The zero-order chi connectivity index (χ0) is 16.3. The molecule has 0 saturated carbocycles. The third-order valence-corrected chi connectivity index (χ3v) is 4.10. The maximum Gasteiger partial charge on any atom is 0.418 e. The minimum atomic E-state index is -4.65. The Hall–Kier alpha value is -2.26. The van der Waals surface area contributed by atoms with E-state index in [9.17, 15) is 17.7 Å². The summed E-state index contributed by atoms with van der Waals surface area (Å²) in [5.74, 6) is -0.520. The van der Waals surface area contributed by atoms with Crippen LogP contribution in [0.25, 0.3) is 0 Å². The van der Waals surface area contributed by atoms with E-state index in [4.69, 9.17) is 10.9 Å². The lowest BCUT2D eigenvalue weighted by Gasteiger charge is -2.14. The molecule has 3 N–H and O–H groups in total. The lowest BCUT2D eigenvalue weighted by Crippen LogP contribution is -2.21. The third kappa shape index (κ3) is 3.31. The van der Waals surface area contributed by atoms with Crippen molar-refractivity contribution >= 4 is 17.0 Å². The molecule has 0 aliphatic rings. The zero-order valence-corrected chi connectivity index (χ0v) is 11.7. The smallest absolute Gasteiger partial charge is 0.418 e. The average Bonchev–Trinajstić information content (AvgIpc) is 2.52. The molecule has 1 unspecified atom stereocenters. The second kappa shape index (κ2) is 6.24. The minimum Gasteiger partial charge on any atom is -0.606 e. The number of aromatic nitrogens is 1. The molecule has 1 atom stereocenters. The molecule has 5 nitrogen and oxygen atoms in total. The number of alkyl halides is 3. The molecule has 9 heteroatoms. The van der Waals surface area contributed by atoms with Crippen molar-refractivity contribution in [3.05, 3.63) is 53.9 Å². The Bertz CT molecular complexity index is 693. The normalized spacial score (nSPS) is 13.9. The Morgan fingerprint density at radius 3 is 2.45 bits per heavy atom. The molecule has 0 radical (unpaired) electrons. The van der Waals surface area contributed by atoms with Crippen LogP contribution < -0.4 is 5.73 Å². The molecule has 22 heavy (non-hydrogen) atoms. The van der Waals surface area contributed by atoms with Crippen LogP contribution in [0.3, 0.4) is 0 Å². The first kappa shape index (κ1) is 16.1. The number of halogens is 3. The van der Waals surface area contributed by atoms with E-state index < -0.39 is 28.8 Å². The number of amidine groups is 1. The van der Waals surface area contributed by atoms with Gasteiger partial charge in [0.1, 0.15) is 0 Å². The van der Waals surface area contributed by atoms with E-state index in [-0.39, 0.29) is 15.5 Å². The average molecular weight is 329 g/mol. The highest BCUT2D eigenvalue weighted by molar-refractivity contribution is 7.91. The lowest BCUT2D eigenvalue weighted by molar-refractivity contribution is -0.138. The Balaban J connectivity index is 2.59. The van der Waals surface area contributed by atoms with Crippen LogP contribution in [0.5, 0.6) is 0 Å². The van der Waals surface area contributed by atoms with Gasteiger partial charge in [0.05, 0.1) is 5.56 Å². The van der Waals surface area contributed by atoms with E-state index in [0.717, 1.165) is 0 Å². The maximum absolute atomic E-state index is 12.8. The van der Waals surface area contributed by atoms with Gasteiger partial charge >= 0.3 is 6.18 Å². The van der Waals surface area contributed by atoms with E-state index in [1.54, 1.807) is 18.2 Å². The summed E-state index contributed by atoms with van der Waals surface area (Å²) in [5, 5.41) is 11.4. The Morgan fingerprint density at radius 1 is 1.27 bits per heavy atom. The van der Waals surface area contributed by atoms with Crippen molar-refractivity contribution in [2.75, 3.05) is 0 Å². The summed E-state index contributed by atoms with van der Waals surface area (Å²) in [6.07, 6.45) is -4.11. The Labute approximate surface area is 126 Å². The van der Waals surface area contributed by atoms with Crippen LogP contribution in [-0.2, 0) is 17.4 Å². The molecule has 2 aromatic rings. The molecule has 1 aromatic carbocycles. The van der Waals surface area contributed by atoms with Crippen LogP contribution in [0.4, 0.5) is 13.2 Å². The van der Waals surface area contributed by atoms with E-state index >= 15 is 0 Å². The van der Waals surface area contributed by atoms with Crippen LogP contribution >= 0.6 is 0 Å². The summed E-state index contributed by atoms with van der Waals surface area (Å²) in [4.78, 5) is 3.53. The van der Waals surface area contributed by atoms with Crippen LogP contribution in [-0.4, -0.2) is 20.6 Å². The summed E-state index contributed by atoms with van der Waals surface area (Å²) in [5.41, 5.74) is 4.06. The predicted octanol–water partition coefficient (Wildman–Crippen LogP) is 2.36. The predicted molar refractivity (Wildman–Crippen MR) is 72.9 cm³/mol. The maximum atomic E-state index is 12.8. The highest BCUT2D eigenvalue weighted by atomic mass is 32.2. The first-order valence-electron chi connectivity index (χ1n) is 5.86. The van der Waals surface area contributed by atoms with Crippen molar-refractivity contribution in [2.45, 2.75) is 16.0 Å². The number of nitrogens with zero attached hydrogens (tertiary/aromatic N) is 2. The summed E-state index contributed by atoms with van der Waals surface area (Å²) in [6, 6.07) is 8.53. The van der Waals surface area contributed by atoms with Crippen molar-refractivity contribution in [3.8, 4) is 0 Å². The molecule has 0 bridgehead atoms. The number of hydrogen-bond donors (Lipinski definition) is 2. The van der Waals surface area contributed by atoms with Gasteiger partial charge in [0.15, 0.2) is 21.3 Å². The van der Waals surface area contributed by atoms with E-state index in [0.29, 0.717) is 12.3 Å². The second-order valence-electron chi connectivity index (χ2n) is 4.14. The highest BCUT2D eigenvalue weighted by Crippen LogP contribution is 2.32. The van der Waals surface area contributed by atoms with Gasteiger partial charge in [-0.25, -0.2) is 4.98 Å². The molecule has 0 spiro atoms. The topological polar surface area (TPSA) is 94.6 Å². The number of benzene rings is 1. The molecule has 1 aromatic heterocycles. The molecule has 0 saturated heterocycles. The zero-order valence-electron chi connectivity index (χ0n) is 10.9. The molecule has 0 amide bonds. The molecular weight excluding hydrogens is 319 g/mol. The molecule has 0 aliphatic carbocycles. The fourth-order valence-electron chi connectivity index (χ4n) is 1.65. The molecule has 0 aliphatic heterocycles. The van der Waals surface area contributed by atoms with Crippen molar-refractivity contribution < 1.29 is 22.9 Å². The van der Waals surface area contributed by atoms with Crippen LogP contribution in [0, 0.1) is 0 Å². The number of rotatable bonds is 3. The first-order valence-corrected chi connectivity index (χ1v) is 7.01. The first-order chi connectivity index (χ1) is 10.3. The highest BCUT2D eigenvalue weighted by Gasteiger charge is 2.34. The van der Waals surface area contributed by atoms with Gasteiger partial charge in [0.2, 0.25) is 0 Å². The molecule has 2 rings (SSSR count). The Kier molecular flexibility index (Phi) is 4.57. The monoisotopic (exact) mass is 329 g/mol. The molecular formula is C13H10F3N3O2S. The Morgan fingerprint density at radius 2 is 1.91 bits per heavy atom. The van der Waals surface area contributed by atoms with Gasteiger partial charge in [-0.3, -0.25) is 0 Å². The standard InChI is InChI=1S/C13H10F3N3O2S/c14-13(15,16)8-6-10(11(18-7-8)12(17)19-20)22(21)9-4-2-1-3-5-9/h1-7,20H,(H2,17,19). The quantitative estimate of drug-likeness (QED) is 0.297. The number of hydrogen-bond acceptors (Lipinski definition) is 4. The van der Waals surface area contributed by atoms with Gasteiger partial charge in [-0.15, -0.1) is 0 Å². The fraction of sp³-hybridized carbons (Fsp3) is 0.0769. The van der Waals surface area contributed by atoms with Crippen LogP contribution in [0.2, 0.25) is 0 Å². The minimum absolute atomic E-state index is 0.266. The summed E-state index contributed by atoms with van der Waals surface area (Å²) >= 11 is -1.96. The van der Waals surface area contributed by atoms with Gasteiger partial charge in [-0.2, -0.15) is 13.2 Å². The van der Waals surface area contributed by atoms with E-state index in [1.807, 2.05) is 0 Å². The van der Waals surface area contributed by atoms with Gasteiger partial charge in [-0.05, 0) is 12.1 Å². The van der Waals surface area contributed by atoms with Crippen molar-refractivity contribution in [2.24, 2.45) is 10.9 Å². The van der Waals surface area contributed by atoms with Crippen molar-refractivity contribution in [1.82, 2.24) is 4.98 Å². The summed E-state index contributed by atoms with van der Waals surface area (Å²) in [7, 11) is 0. The number of pyridine rings is 1. The molecule has 1 heterocycles. The van der Waals surface area contributed by atoms with Gasteiger partial charge in [0.25, 0.3) is 0 Å². The van der Waals surface area contributed by atoms with E-state index in [2.05, 4.69) is 10.1 Å². The van der Waals surface area contributed by atoms with Gasteiger partial charge < -0.3 is 15.5 Å². The van der Waals surface area contributed by atoms with Gasteiger partial charge in [0, 0.05) is 23.4 Å². The van der Waals surface area contributed by atoms with Crippen molar-refractivity contribution in [3.63, 3.8) is 0 Å². The largest absolute Gasteiger partial charge is 0.606 e. The molecule has 0 fully saturated rings. The number of nitrogens with two attached hydrogens (primary N) is 1.